The molecule has 0 amide bonds. The van der Waals surface area contributed by atoms with Crippen molar-refractivity contribution in [1.29, 1.82) is 0 Å². The maximum Gasteiger partial charge on any atom is 0.337 e. The molecule has 1 aliphatic carbocycles. The molecule has 0 unspecified atom stereocenters. The maximum absolute atomic E-state index is 11.1. The summed E-state index contributed by atoms with van der Waals surface area (Å²) >= 11 is 1.88. The highest BCUT2D eigenvalue weighted by molar-refractivity contribution is 8.00. The molecule has 6 heteroatoms. The van der Waals surface area contributed by atoms with Crippen LogP contribution in [-0.4, -0.2) is 33.6 Å². The molecular weight excluding hydrogens is 274 g/mol. The van der Waals surface area contributed by atoms with Gasteiger partial charge in [-0.05, 0) is 25.2 Å². The molecule has 1 fully saturated rings. The Bertz CT molecular complexity index is 487. The van der Waals surface area contributed by atoms with Crippen LogP contribution in [0.25, 0.3) is 0 Å². The third kappa shape index (κ3) is 3.17. The first-order chi connectivity index (χ1) is 9.58. The SMILES string of the molecule is CSC1(CNc2nccc(C(=O)O)c2N)CCCCC1. The van der Waals surface area contributed by atoms with Crippen LogP contribution in [0, 0.1) is 0 Å². The largest absolute Gasteiger partial charge is 0.478 e. The van der Waals surface area contributed by atoms with Crippen LogP contribution < -0.4 is 11.1 Å². The van der Waals surface area contributed by atoms with Gasteiger partial charge in [-0.25, -0.2) is 9.78 Å². The summed E-state index contributed by atoms with van der Waals surface area (Å²) in [5.41, 5.74) is 6.19. The molecule has 0 spiro atoms. The van der Waals surface area contributed by atoms with Crippen molar-refractivity contribution in [2.45, 2.75) is 36.9 Å². The summed E-state index contributed by atoms with van der Waals surface area (Å²) in [5, 5.41) is 12.3. The van der Waals surface area contributed by atoms with Crippen molar-refractivity contribution in [3.05, 3.63) is 17.8 Å². The predicted molar refractivity (Wildman–Crippen MR) is 83.4 cm³/mol. The van der Waals surface area contributed by atoms with E-state index in [0.717, 1.165) is 6.54 Å². The Kier molecular flexibility index (Phi) is 4.75. The van der Waals surface area contributed by atoms with Gasteiger partial charge in [-0.15, -0.1) is 0 Å². The molecule has 1 aromatic rings. The number of thioether (sulfide) groups is 1. The summed E-state index contributed by atoms with van der Waals surface area (Å²) in [4.78, 5) is 15.2. The van der Waals surface area contributed by atoms with Crippen LogP contribution in [0.3, 0.4) is 0 Å². The fraction of sp³-hybridized carbons (Fsp3) is 0.571. The van der Waals surface area contributed by atoms with Gasteiger partial charge >= 0.3 is 5.97 Å². The normalized spacial score (nSPS) is 17.6. The Morgan fingerprint density at radius 2 is 2.20 bits per heavy atom. The number of anilines is 2. The van der Waals surface area contributed by atoms with E-state index >= 15 is 0 Å². The number of nitrogen functional groups attached to an aromatic ring is 1. The number of carboxylic acid groups (broad SMARTS) is 1. The first-order valence-electron chi connectivity index (χ1n) is 6.85. The zero-order chi connectivity index (χ0) is 14.6. The van der Waals surface area contributed by atoms with Gasteiger partial charge in [-0.1, -0.05) is 19.3 Å². The smallest absolute Gasteiger partial charge is 0.337 e. The molecule has 0 bridgehead atoms. The summed E-state index contributed by atoms with van der Waals surface area (Å²) in [6.45, 7) is 0.772. The standard InChI is InChI=1S/C14H21N3O2S/c1-20-14(6-3-2-4-7-14)9-17-12-11(15)10(13(18)19)5-8-16-12/h5,8H,2-4,6-7,9,15H2,1H3,(H,16,17)(H,18,19). The van der Waals surface area contributed by atoms with Crippen LogP contribution in [0.1, 0.15) is 42.5 Å². The average molecular weight is 295 g/mol. The van der Waals surface area contributed by atoms with Crippen molar-refractivity contribution in [2.75, 3.05) is 23.9 Å². The van der Waals surface area contributed by atoms with E-state index in [-0.39, 0.29) is 16.0 Å². The van der Waals surface area contributed by atoms with Crippen molar-refractivity contribution in [3.63, 3.8) is 0 Å². The molecule has 1 heterocycles. The molecule has 4 N–H and O–H groups in total. The summed E-state index contributed by atoms with van der Waals surface area (Å²) in [7, 11) is 0. The number of nitrogens with one attached hydrogen (secondary N) is 1. The summed E-state index contributed by atoms with van der Waals surface area (Å²) in [6.07, 6.45) is 9.78. The first kappa shape index (κ1) is 15.0. The van der Waals surface area contributed by atoms with Crippen molar-refractivity contribution in [1.82, 2.24) is 4.98 Å². The van der Waals surface area contributed by atoms with E-state index in [0.29, 0.717) is 5.82 Å². The Balaban J connectivity index is 2.10. The number of aromatic nitrogens is 1. The lowest BCUT2D eigenvalue weighted by molar-refractivity contribution is 0.0698. The van der Waals surface area contributed by atoms with E-state index in [4.69, 9.17) is 10.8 Å². The maximum atomic E-state index is 11.1. The summed E-state index contributed by atoms with van der Waals surface area (Å²) in [5.74, 6) is -0.547. The van der Waals surface area contributed by atoms with Crippen LogP contribution in [0.15, 0.2) is 12.3 Å². The highest BCUT2D eigenvalue weighted by Crippen LogP contribution is 2.38. The highest BCUT2D eigenvalue weighted by Gasteiger charge is 2.31. The number of hydrogen-bond donors (Lipinski definition) is 3. The van der Waals surface area contributed by atoms with Crippen LogP contribution in [0.2, 0.25) is 0 Å². The number of nitrogens with two attached hydrogens (primary N) is 1. The van der Waals surface area contributed by atoms with Gasteiger partial charge in [0.25, 0.3) is 0 Å². The van der Waals surface area contributed by atoms with Crippen molar-refractivity contribution >= 4 is 29.2 Å². The molecule has 0 aliphatic heterocycles. The fourth-order valence-corrected chi connectivity index (χ4v) is 3.61. The molecular formula is C14H21N3O2S. The van der Waals surface area contributed by atoms with Crippen LogP contribution >= 0.6 is 11.8 Å². The molecule has 0 atom stereocenters. The second-order valence-corrected chi connectivity index (χ2v) is 6.50. The monoisotopic (exact) mass is 295 g/mol. The molecule has 0 saturated heterocycles. The van der Waals surface area contributed by atoms with Gasteiger partial charge in [0.05, 0.1) is 11.3 Å². The van der Waals surface area contributed by atoms with Crippen LogP contribution in [0.4, 0.5) is 11.5 Å². The van der Waals surface area contributed by atoms with Crippen LogP contribution in [0.5, 0.6) is 0 Å². The average Bonchev–Trinajstić information content (AvgIpc) is 2.47. The Morgan fingerprint density at radius 3 is 2.80 bits per heavy atom. The number of rotatable bonds is 5. The summed E-state index contributed by atoms with van der Waals surface area (Å²) < 4.78 is 0.214. The van der Waals surface area contributed by atoms with Gasteiger partial charge in [0.15, 0.2) is 0 Å². The number of aromatic carboxylic acids is 1. The Labute approximate surface area is 123 Å². The van der Waals surface area contributed by atoms with Gasteiger partial charge in [-0.3, -0.25) is 0 Å². The molecule has 20 heavy (non-hydrogen) atoms. The molecule has 1 saturated carbocycles. The molecule has 5 nitrogen and oxygen atoms in total. The third-order valence-corrected chi connectivity index (χ3v) is 5.41. The van der Waals surface area contributed by atoms with Crippen LogP contribution in [-0.2, 0) is 0 Å². The van der Waals surface area contributed by atoms with Gasteiger partial charge < -0.3 is 16.2 Å². The highest BCUT2D eigenvalue weighted by atomic mass is 32.2. The molecule has 1 aromatic heterocycles. The molecule has 2 rings (SSSR count). The van der Waals surface area contributed by atoms with E-state index in [1.165, 1.54) is 44.4 Å². The minimum absolute atomic E-state index is 0.101. The van der Waals surface area contributed by atoms with E-state index in [2.05, 4.69) is 16.6 Å². The lowest BCUT2D eigenvalue weighted by Crippen LogP contribution is -2.36. The lowest BCUT2D eigenvalue weighted by Gasteiger charge is -2.36. The summed E-state index contributed by atoms with van der Waals surface area (Å²) in [6, 6.07) is 1.42. The number of hydrogen-bond acceptors (Lipinski definition) is 5. The fourth-order valence-electron chi connectivity index (χ4n) is 2.69. The number of nitrogens with zero attached hydrogens (tertiary/aromatic N) is 1. The number of carbonyl (C=O) groups is 1. The van der Waals surface area contributed by atoms with E-state index in [9.17, 15) is 4.79 Å². The predicted octanol–water partition coefficient (Wildman–Crippen LogP) is 2.84. The van der Waals surface area contributed by atoms with Gasteiger partial charge in [-0.2, -0.15) is 11.8 Å². The molecule has 0 radical (unpaired) electrons. The topological polar surface area (TPSA) is 88.2 Å². The third-order valence-electron chi connectivity index (χ3n) is 4.00. The van der Waals surface area contributed by atoms with E-state index in [1.54, 1.807) is 0 Å². The van der Waals surface area contributed by atoms with Crippen molar-refractivity contribution < 1.29 is 9.90 Å². The molecule has 1 aliphatic rings. The zero-order valence-corrected chi connectivity index (χ0v) is 12.5. The van der Waals surface area contributed by atoms with E-state index < -0.39 is 5.97 Å². The lowest BCUT2D eigenvalue weighted by atomic mass is 9.88. The van der Waals surface area contributed by atoms with Crippen molar-refractivity contribution in [2.24, 2.45) is 0 Å². The Morgan fingerprint density at radius 1 is 1.50 bits per heavy atom. The van der Waals surface area contributed by atoms with Gasteiger partial charge in [0, 0.05) is 17.5 Å². The second-order valence-electron chi connectivity index (χ2n) is 5.23. The minimum atomic E-state index is -1.02. The number of carboxylic acids is 1. The molecule has 0 aromatic carbocycles. The van der Waals surface area contributed by atoms with Crippen molar-refractivity contribution in [3.8, 4) is 0 Å². The molecule has 110 valence electrons. The number of pyridine rings is 1. The quantitative estimate of drug-likeness (QED) is 0.774. The van der Waals surface area contributed by atoms with Gasteiger partial charge in [0.2, 0.25) is 0 Å². The zero-order valence-electron chi connectivity index (χ0n) is 11.7. The first-order valence-corrected chi connectivity index (χ1v) is 8.07. The Hall–Kier alpha value is -1.43. The van der Waals surface area contributed by atoms with Gasteiger partial charge in [0.1, 0.15) is 5.82 Å². The van der Waals surface area contributed by atoms with E-state index in [1.807, 2.05) is 11.8 Å². The minimum Gasteiger partial charge on any atom is -0.478 e. The second kappa shape index (κ2) is 6.35.